The van der Waals surface area contributed by atoms with Crippen LogP contribution in [0.1, 0.15) is 51.2 Å². The zero-order valence-corrected chi connectivity index (χ0v) is 18.7. The minimum Gasteiger partial charge on any atom is -0.370 e. The third kappa shape index (κ3) is 5.84. The highest BCUT2D eigenvalue weighted by molar-refractivity contribution is 14.0. The number of nitrogens with one attached hydrogen (secondary N) is 1. The van der Waals surface area contributed by atoms with E-state index in [9.17, 15) is 0 Å². The molecule has 1 atom stereocenters. The van der Waals surface area contributed by atoms with Crippen molar-refractivity contribution >= 4 is 29.9 Å². The van der Waals surface area contributed by atoms with Gasteiger partial charge in [-0.2, -0.15) is 5.10 Å². The molecule has 2 fully saturated rings. The summed E-state index contributed by atoms with van der Waals surface area (Å²) in [5, 5.41) is 7.75. The lowest BCUT2D eigenvalue weighted by Gasteiger charge is -2.35. The molecular formula is C19H34IN5O. The summed E-state index contributed by atoms with van der Waals surface area (Å²) in [4.78, 5) is 7.32. The van der Waals surface area contributed by atoms with Gasteiger partial charge in [0, 0.05) is 38.4 Å². The molecule has 6 nitrogen and oxygen atoms in total. The maximum absolute atomic E-state index is 5.96. The van der Waals surface area contributed by atoms with Crippen molar-refractivity contribution in [2.24, 2.45) is 23.9 Å². The topological polar surface area (TPSA) is 54.7 Å². The lowest BCUT2D eigenvalue weighted by atomic mass is 9.83. The van der Waals surface area contributed by atoms with Crippen LogP contribution in [0.15, 0.2) is 17.4 Å². The van der Waals surface area contributed by atoms with Gasteiger partial charge >= 0.3 is 0 Å². The number of morpholine rings is 1. The van der Waals surface area contributed by atoms with Gasteiger partial charge in [0.2, 0.25) is 0 Å². The Labute approximate surface area is 174 Å². The van der Waals surface area contributed by atoms with Crippen LogP contribution in [-0.4, -0.2) is 53.4 Å². The van der Waals surface area contributed by atoms with E-state index >= 15 is 0 Å². The Morgan fingerprint density at radius 3 is 2.77 bits per heavy atom. The number of hydrogen-bond donors (Lipinski definition) is 1. The summed E-state index contributed by atoms with van der Waals surface area (Å²) in [6, 6.07) is 0. The maximum Gasteiger partial charge on any atom is 0.194 e. The molecule has 0 bridgehead atoms. The monoisotopic (exact) mass is 475 g/mol. The van der Waals surface area contributed by atoms with E-state index in [0.717, 1.165) is 56.1 Å². The normalized spacial score (nSPS) is 27.1. The highest BCUT2D eigenvalue weighted by atomic mass is 127. The summed E-state index contributed by atoms with van der Waals surface area (Å²) in [6.07, 6.45) is 9.39. The molecule has 1 aromatic rings. The summed E-state index contributed by atoms with van der Waals surface area (Å²) < 4.78 is 7.80. The molecule has 1 saturated heterocycles. The predicted molar refractivity (Wildman–Crippen MR) is 116 cm³/mol. The quantitative estimate of drug-likeness (QED) is 0.413. The lowest BCUT2D eigenvalue weighted by Crippen LogP contribution is -2.48. The van der Waals surface area contributed by atoms with Gasteiger partial charge in [-0.3, -0.25) is 9.67 Å². The van der Waals surface area contributed by atoms with Crippen molar-refractivity contribution in [3.8, 4) is 0 Å². The van der Waals surface area contributed by atoms with E-state index < -0.39 is 0 Å². The fourth-order valence-corrected chi connectivity index (χ4v) is 3.80. The summed E-state index contributed by atoms with van der Waals surface area (Å²) in [5.74, 6) is 2.69. The molecule has 1 saturated carbocycles. The van der Waals surface area contributed by atoms with E-state index in [2.05, 4.69) is 29.2 Å². The van der Waals surface area contributed by atoms with Crippen LogP contribution in [0.4, 0.5) is 0 Å². The molecule has 7 heteroatoms. The molecule has 1 unspecified atom stereocenters. The van der Waals surface area contributed by atoms with Gasteiger partial charge in [-0.25, -0.2) is 0 Å². The van der Waals surface area contributed by atoms with E-state index in [1.807, 2.05) is 24.1 Å². The Balaban J connectivity index is 0.00000243. The van der Waals surface area contributed by atoms with Crippen LogP contribution in [0.5, 0.6) is 0 Å². The van der Waals surface area contributed by atoms with Crippen molar-refractivity contribution in [2.75, 3.05) is 32.8 Å². The zero-order valence-electron chi connectivity index (χ0n) is 16.4. The van der Waals surface area contributed by atoms with Crippen molar-refractivity contribution in [3.63, 3.8) is 0 Å². The second kappa shape index (κ2) is 10.5. The van der Waals surface area contributed by atoms with Crippen LogP contribution in [-0.2, 0) is 11.8 Å². The minimum absolute atomic E-state index is 0. The van der Waals surface area contributed by atoms with Crippen molar-refractivity contribution < 1.29 is 4.74 Å². The average molecular weight is 475 g/mol. The van der Waals surface area contributed by atoms with Gasteiger partial charge < -0.3 is 15.0 Å². The summed E-state index contributed by atoms with van der Waals surface area (Å²) in [5.41, 5.74) is 1.14. The molecule has 0 spiro atoms. The number of aryl methyl sites for hydroxylation is 1. The molecule has 2 heterocycles. The summed E-state index contributed by atoms with van der Waals surface area (Å²) in [7, 11) is 1.95. The fourth-order valence-electron chi connectivity index (χ4n) is 3.80. The van der Waals surface area contributed by atoms with Gasteiger partial charge in [0.1, 0.15) is 6.10 Å². The third-order valence-corrected chi connectivity index (χ3v) is 5.43. The van der Waals surface area contributed by atoms with E-state index in [0.29, 0.717) is 0 Å². The Kier molecular flexibility index (Phi) is 8.66. The fraction of sp³-hybridized carbons (Fsp3) is 0.789. The van der Waals surface area contributed by atoms with E-state index in [-0.39, 0.29) is 30.1 Å². The Bertz CT molecular complexity index is 568. The first kappa shape index (κ1) is 21.5. The molecule has 1 aliphatic heterocycles. The molecule has 26 heavy (non-hydrogen) atoms. The van der Waals surface area contributed by atoms with Crippen LogP contribution < -0.4 is 5.32 Å². The molecule has 0 amide bonds. The average Bonchev–Trinajstić information content (AvgIpc) is 3.07. The second-order valence-corrected chi connectivity index (χ2v) is 7.57. The second-order valence-electron chi connectivity index (χ2n) is 7.57. The first-order chi connectivity index (χ1) is 12.2. The Hall–Kier alpha value is -0.830. The summed E-state index contributed by atoms with van der Waals surface area (Å²) >= 11 is 0. The van der Waals surface area contributed by atoms with Crippen LogP contribution in [0, 0.1) is 11.8 Å². The highest BCUT2D eigenvalue weighted by Crippen LogP contribution is 2.28. The Morgan fingerprint density at radius 2 is 2.12 bits per heavy atom. The van der Waals surface area contributed by atoms with Crippen LogP contribution >= 0.6 is 24.0 Å². The van der Waals surface area contributed by atoms with Gasteiger partial charge in [-0.15, -0.1) is 24.0 Å². The van der Waals surface area contributed by atoms with Gasteiger partial charge in [0.25, 0.3) is 0 Å². The zero-order chi connectivity index (χ0) is 17.6. The standard InChI is InChI=1S/C19H33N5O.HI/c1-4-20-19(21-11-16-7-5-15(2)6-8-16)24-9-10-25-18(14-24)17-12-22-23(3)13-17;/h12-13,15-16,18H,4-11,14H2,1-3H3,(H,20,21);1H. The van der Waals surface area contributed by atoms with Crippen LogP contribution in [0.25, 0.3) is 0 Å². The number of aliphatic imine (C=N–C) groups is 1. The lowest BCUT2D eigenvalue weighted by molar-refractivity contribution is -0.00807. The number of nitrogens with zero attached hydrogens (tertiary/aromatic N) is 4. The molecule has 0 aromatic carbocycles. The number of guanidine groups is 1. The SMILES string of the molecule is CCNC(=NCC1CCC(C)CC1)N1CCOC(c2cnn(C)c2)C1.I. The maximum atomic E-state index is 5.96. The van der Waals surface area contributed by atoms with E-state index in [1.54, 1.807) is 0 Å². The molecule has 1 aliphatic carbocycles. The van der Waals surface area contributed by atoms with Crippen molar-refractivity contribution in [1.82, 2.24) is 20.0 Å². The largest absolute Gasteiger partial charge is 0.370 e. The molecule has 1 aromatic heterocycles. The van der Waals surface area contributed by atoms with Crippen molar-refractivity contribution in [2.45, 2.75) is 45.6 Å². The van der Waals surface area contributed by atoms with Gasteiger partial charge in [-0.1, -0.05) is 19.8 Å². The van der Waals surface area contributed by atoms with Crippen LogP contribution in [0.3, 0.4) is 0 Å². The number of ether oxygens (including phenoxy) is 1. The first-order valence-corrected chi connectivity index (χ1v) is 9.79. The van der Waals surface area contributed by atoms with Gasteiger partial charge in [0.15, 0.2) is 5.96 Å². The van der Waals surface area contributed by atoms with E-state index in [4.69, 9.17) is 9.73 Å². The molecule has 3 rings (SSSR count). The van der Waals surface area contributed by atoms with Crippen LogP contribution in [0.2, 0.25) is 0 Å². The Morgan fingerprint density at radius 1 is 1.35 bits per heavy atom. The molecular weight excluding hydrogens is 441 g/mol. The van der Waals surface area contributed by atoms with Crippen molar-refractivity contribution in [3.05, 3.63) is 18.0 Å². The number of halogens is 1. The number of hydrogen-bond acceptors (Lipinski definition) is 3. The number of aromatic nitrogens is 2. The van der Waals surface area contributed by atoms with E-state index in [1.165, 1.54) is 25.7 Å². The smallest absolute Gasteiger partial charge is 0.194 e. The highest BCUT2D eigenvalue weighted by Gasteiger charge is 2.25. The number of rotatable bonds is 4. The minimum atomic E-state index is 0. The molecule has 0 radical (unpaired) electrons. The first-order valence-electron chi connectivity index (χ1n) is 9.79. The van der Waals surface area contributed by atoms with Gasteiger partial charge in [0.05, 0.1) is 19.3 Å². The van der Waals surface area contributed by atoms with Crippen molar-refractivity contribution in [1.29, 1.82) is 0 Å². The molecule has 1 N–H and O–H groups in total. The molecule has 2 aliphatic rings. The third-order valence-electron chi connectivity index (χ3n) is 5.43. The summed E-state index contributed by atoms with van der Waals surface area (Å²) in [6.45, 7) is 8.81. The predicted octanol–water partition coefficient (Wildman–Crippen LogP) is 3.20. The van der Waals surface area contributed by atoms with Gasteiger partial charge in [-0.05, 0) is 31.6 Å². The molecule has 148 valence electrons.